The van der Waals surface area contributed by atoms with Crippen LogP contribution < -0.4 is 4.90 Å². The molecule has 4 nitrogen and oxygen atoms in total. The van der Waals surface area contributed by atoms with Crippen molar-refractivity contribution in [3.63, 3.8) is 0 Å². The second kappa shape index (κ2) is 9.70. The Kier molecular flexibility index (Phi) is 6.80. The molecule has 1 fully saturated rings. The van der Waals surface area contributed by atoms with Gasteiger partial charge in [0.2, 0.25) is 0 Å². The third-order valence-corrected chi connectivity index (χ3v) is 6.10. The molecule has 1 unspecified atom stereocenters. The Balaban J connectivity index is 1.22. The highest BCUT2D eigenvalue weighted by Gasteiger charge is 2.25. The van der Waals surface area contributed by atoms with E-state index in [9.17, 15) is 4.39 Å². The average molecular weight is 398 g/mol. The van der Waals surface area contributed by atoms with E-state index < -0.39 is 0 Å². The third-order valence-electron chi connectivity index (χ3n) is 6.10. The minimum absolute atomic E-state index is 0.167. The summed E-state index contributed by atoms with van der Waals surface area (Å²) in [6.07, 6.45) is 1.38. The summed E-state index contributed by atoms with van der Waals surface area (Å²) in [5.41, 5.74) is 3.90. The fourth-order valence-electron chi connectivity index (χ4n) is 4.54. The van der Waals surface area contributed by atoms with Crippen LogP contribution in [0.1, 0.15) is 30.6 Å². The minimum Gasteiger partial charge on any atom is -0.372 e. The van der Waals surface area contributed by atoms with Gasteiger partial charge in [-0.3, -0.25) is 9.80 Å². The number of fused-ring (bicyclic) bond motifs is 1. The molecule has 156 valence electrons. The van der Waals surface area contributed by atoms with Gasteiger partial charge in [-0.25, -0.2) is 4.39 Å². The molecule has 0 bridgehead atoms. The zero-order valence-corrected chi connectivity index (χ0v) is 17.4. The molecule has 0 aliphatic carbocycles. The van der Waals surface area contributed by atoms with Crippen molar-refractivity contribution in [2.45, 2.75) is 26.0 Å². The summed E-state index contributed by atoms with van der Waals surface area (Å²) in [4.78, 5) is 7.44. The largest absolute Gasteiger partial charge is 0.372 e. The summed E-state index contributed by atoms with van der Waals surface area (Å²) in [5.74, 6) is -0.167. The van der Waals surface area contributed by atoms with E-state index >= 15 is 0 Å². The van der Waals surface area contributed by atoms with E-state index in [1.807, 2.05) is 12.1 Å². The van der Waals surface area contributed by atoms with Crippen LogP contribution in [-0.4, -0.2) is 62.2 Å². The van der Waals surface area contributed by atoms with Gasteiger partial charge in [0, 0.05) is 51.6 Å². The lowest BCUT2D eigenvalue weighted by atomic mass is 9.97. The summed E-state index contributed by atoms with van der Waals surface area (Å²) in [7, 11) is 0. The molecule has 0 aromatic heterocycles. The first-order valence-corrected chi connectivity index (χ1v) is 10.9. The highest BCUT2D eigenvalue weighted by atomic mass is 19.1. The maximum atomic E-state index is 13.1. The Morgan fingerprint density at radius 1 is 0.931 bits per heavy atom. The van der Waals surface area contributed by atoms with Gasteiger partial charge < -0.3 is 9.64 Å². The molecule has 2 heterocycles. The van der Waals surface area contributed by atoms with Crippen molar-refractivity contribution in [2.75, 3.05) is 57.3 Å². The maximum Gasteiger partial charge on any atom is 0.123 e. The monoisotopic (exact) mass is 397 g/mol. The van der Waals surface area contributed by atoms with Crippen molar-refractivity contribution in [1.82, 2.24) is 9.80 Å². The van der Waals surface area contributed by atoms with Crippen molar-refractivity contribution >= 4 is 5.69 Å². The zero-order chi connectivity index (χ0) is 20.1. The summed E-state index contributed by atoms with van der Waals surface area (Å²) >= 11 is 0. The molecule has 0 amide bonds. The third kappa shape index (κ3) is 5.16. The van der Waals surface area contributed by atoms with Crippen LogP contribution in [0.2, 0.25) is 0 Å². The fraction of sp³-hybridized carbons (Fsp3) is 0.500. The van der Waals surface area contributed by atoms with Gasteiger partial charge in [0.25, 0.3) is 0 Å². The Morgan fingerprint density at radius 2 is 1.66 bits per heavy atom. The Morgan fingerprint density at radius 3 is 2.41 bits per heavy atom. The molecule has 29 heavy (non-hydrogen) atoms. The molecule has 5 heteroatoms. The van der Waals surface area contributed by atoms with Gasteiger partial charge in [-0.2, -0.15) is 0 Å². The van der Waals surface area contributed by atoms with Crippen molar-refractivity contribution in [3.05, 3.63) is 65.5 Å². The van der Waals surface area contributed by atoms with Gasteiger partial charge in [-0.15, -0.1) is 0 Å². The summed E-state index contributed by atoms with van der Waals surface area (Å²) in [6.45, 7) is 11.2. The second-order valence-electron chi connectivity index (χ2n) is 8.04. The number of hydrogen-bond acceptors (Lipinski definition) is 4. The van der Waals surface area contributed by atoms with Crippen LogP contribution >= 0.6 is 0 Å². The quantitative estimate of drug-likeness (QED) is 0.705. The molecule has 2 aliphatic rings. The zero-order valence-electron chi connectivity index (χ0n) is 17.4. The van der Waals surface area contributed by atoms with Crippen LogP contribution in [0.15, 0.2) is 48.5 Å². The normalized spacial score (nSPS) is 20.6. The molecule has 2 aromatic rings. The van der Waals surface area contributed by atoms with Crippen molar-refractivity contribution in [1.29, 1.82) is 0 Å². The molecule has 0 spiro atoms. The van der Waals surface area contributed by atoms with Gasteiger partial charge >= 0.3 is 0 Å². The van der Waals surface area contributed by atoms with E-state index in [-0.39, 0.29) is 11.9 Å². The van der Waals surface area contributed by atoms with Crippen LogP contribution in [0.4, 0.5) is 10.1 Å². The number of ether oxygens (including phenoxy) is 1. The molecule has 1 atom stereocenters. The van der Waals surface area contributed by atoms with Crippen LogP contribution in [0.25, 0.3) is 0 Å². The van der Waals surface area contributed by atoms with Crippen LogP contribution in [0.3, 0.4) is 0 Å². The number of rotatable bonds is 7. The van der Waals surface area contributed by atoms with Gasteiger partial charge in [0.1, 0.15) is 5.82 Å². The minimum atomic E-state index is -0.167. The summed E-state index contributed by atoms with van der Waals surface area (Å²) in [6, 6.07) is 15.6. The standard InChI is InChI=1S/C24H32FN3O/c1-2-29-24-19-27(18-20-6-3-4-7-23(20)24)13-5-12-26-14-16-28(17-15-26)22-10-8-21(25)9-11-22/h3-4,6-11,24H,2,5,12-19H2,1H3. The number of anilines is 1. The Hall–Kier alpha value is -1.95. The number of nitrogens with zero attached hydrogens (tertiary/aromatic N) is 3. The predicted molar refractivity (Wildman–Crippen MR) is 116 cm³/mol. The van der Waals surface area contributed by atoms with Gasteiger partial charge in [-0.1, -0.05) is 24.3 Å². The highest BCUT2D eigenvalue weighted by molar-refractivity contribution is 5.46. The fourth-order valence-corrected chi connectivity index (χ4v) is 4.54. The first-order valence-electron chi connectivity index (χ1n) is 10.9. The summed E-state index contributed by atoms with van der Waals surface area (Å²) < 4.78 is 19.1. The molecule has 0 radical (unpaired) electrons. The molecular weight excluding hydrogens is 365 g/mol. The average Bonchev–Trinajstić information content (AvgIpc) is 2.75. The van der Waals surface area contributed by atoms with E-state index in [1.165, 1.54) is 17.5 Å². The number of benzene rings is 2. The van der Waals surface area contributed by atoms with Gasteiger partial charge in [0.05, 0.1) is 6.10 Å². The van der Waals surface area contributed by atoms with Crippen LogP contribution in [-0.2, 0) is 11.3 Å². The molecular formula is C24H32FN3O. The van der Waals surface area contributed by atoms with Gasteiger partial charge in [0.15, 0.2) is 0 Å². The molecule has 2 aliphatic heterocycles. The number of hydrogen-bond donors (Lipinski definition) is 0. The Labute approximate surface area is 173 Å². The second-order valence-corrected chi connectivity index (χ2v) is 8.04. The summed E-state index contributed by atoms with van der Waals surface area (Å²) in [5, 5.41) is 0. The van der Waals surface area contributed by atoms with Crippen LogP contribution in [0, 0.1) is 5.82 Å². The number of halogens is 1. The predicted octanol–water partition coefficient (Wildman–Crippen LogP) is 3.93. The lowest BCUT2D eigenvalue weighted by Crippen LogP contribution is -2.47. The van der Waals surface area contributed by atoms with Crippen molar-refractivity contribution < 1.29 is 9.13 Å². The van der Waals surface area contributed by atoms with Crippen LogP contribution in [0.5, 0.6) is 0 Å². The lowest BCUT2D eigenvalue weighted by molar-refractivity contribution is 0.0187. The molecule has 2 aromatic carbocycles. The Bertz CT molecular complexity index is 774. The SMILES string of the molecule is CCOC1CN(CCCN2CCN(c3ccc(F)cc3)CC2)Cc2ccccc21. The topological polar surface area (TPSA) is 19.0 Å². The van der Waals surface area contributed by atoms with Crippen molar-refractivity contribution in [3.8, 4) is 0 Å². The van der Waals surface area contributed by atoms with Crippen molar-refractivity contribution in [2.24, 2.45) is 0 Å². The molecule has 0 N–H and O–H groups in total. The lowest BCUT2D eigenvalue weighted by Gasteiger charge is -2.37. The first kappa shape index (κ1) is 20.3. The number of piperazine rings is 1. The van der Waals surface area contributed by atoms with E-state index in [4.69, 9.17) is 4.74 Å². The van der Waals surface area contributed by atoms with Gasteiger partial charge in [-0.05, 0) is 61.8 Å². The van der Waals surface area contributed by atoms with E-state index in [0.29, 0.717) is 0 Å². The highest BCUT2D eigenvalue weighted by Crippen LogP contribution is 2.29. The maximum absolute atomic E-state index is 13.1. The van der Waals surface area contributed by atoms with E-state index in [2.05, 4.69) is 45.9 Å². The smallest absolute Gasteiger partial charge is 0.123 e. The molecule has 0 saturated carbocycles. The molecule has 1 saturated heterocycles. The van der Waals surface area contributed by atoms with E-state index in [1.54, 1.807) is 12.1 Å². The first-order chi connectivity index (χ1) is 14.2. The van der Waals surface area contributed by atoms with E-state index in [0.717, 1.165) is 64.7 Å². The molecule has 4 rings (SSSR count).